The van der Waals surface area contributed by atoms with Gasteiger partial charge >= 0.3 is 0 Å². The van der Waals surface area contributed by atoms with Crippen LogP contribution in [0.3, 0.4) is 0 Å². The van der Waals surface area contributed by atoms with Crippen LogP contribution in [-0.4, -0.2) is 33.5 Å². The summed E-state index contributed by atoms with van der Waals surface area (Å²) in [6.07, 6.45) is -0.781. The van der Waals surface area contributed by atoms with Crippen LogP contribution in [0.25, 0.3) is 22.4 Å². The van der Waals surface area contributed by atoms with Crippen LogP contribution in [0.4, 0.5) is 0 Å². The Morgan fingerprint density at radius 1 is 0.935 bits per heavy atom. The molecular weight excluding hydrogens is 388 g/mol. The minimum absolute atomic E-state index is 0.0138. The molecule has 3 aromatic carbocycles. The molecule has 2 N–H and O–H groups in total. The van der Waals surface area contributed by atoms with Crippen LogP contribution < -0.4 is 4.74 Å². The third-order valence-corrected chi connectivity index (χ3v) is 5.64. The maximum absolute atomic E-state index is 10.9. The lowest BCUT2D eigenvalue weighted by atomic mass is 10.0. The Hall–Kier alpha value is -3.15. The van der Waals surface area contributed by atoms with Gasteiger partial charge in [-0.2, -0.15) is 0 Å². The molecule has 4 aromatic rings. The molecule has 0 radical (unpaired) electrons. The molecule has 0 amide bonds. The van der Waals surface area contributed by atoms with Crippen LogP contribution >= 0.6 is 0 Å². The molecule has 1 heterocycles. The van der Waals surface area contributed by atoms with E-state index in [4.69, 9.17) is 9.72 Å². The second-order valence-corrected chi connectivity index (χ2v) is 7.99. The zero-order chi connectivity index (χ0) is 22.0. The highest BCUT2D eigenvalue weighted by molar-refractivity contribution is 5.87. The number of methoxy groups -OCH3 is 1. The third kappa shape index (κ3) is 4.07. The quantitative estimate of drug-likeness (QED) is 0.449. The first-order valence-electron chi connectivity index (χ1n) is 10.6. The van der Waals surface area contributed by atoms with Gasteiger partial charge < -0.3 is 19.5 Å². The van der Waals surface area contributed by atoms with Crippen molar-refractivity contribution in [2.75, 3.05) is 13.7 Å². The second-order valence-electron chi connectivity index (χ2n) is 7.99. The summed E-state index contributed by atoms with van der Waals surface area (Å²) in [5.74, 6) is 1.84. The van der Waals surface area contributed by atoms with E-state index >= 15 is 0 Å². The van der Waals surface area contributed by atoms with Crippen molar-refractivity contribution >= 4 is 11.0 Å². The van der Waals surface area contributed by atoms with Crippen molar-refractivity contribution in [2.24, 2.45) is 0 Å². The number of benzene rings is 3. The van der Waals surface area contributed by atoms with E-state index in [1.54, 1.807) is 7.11 Å². The normalized spacial score (nSPS) is 12.5. The van der Waals surface area contributed by atoms with Gasteiger partial charge in [0.1, 0.15) is 23.2 Å². The first-order valence-corrected chi connectivity index (χ1v) is 10.6. The molecule has 0 aliphatic carbocycles. The first kappa shape index (κ1) is 21.1. The van der Waals surface area contributed by atoms with E-state index in [9.17, 15) is 10.2 Å². The fourth-order valence-electron chi connectivity index (χ4n) is 3.95. The maximum atomic E-state index is 10.9. The SMILES string of the molecule is COc1cc(C(O)c2ccccc2)cc2nc(-c3ccc(C(C)C)cc3)n(CCO)c12. The summed E-state index contributed by atoms with van der Waals surface area (Å²) < 4.78 is 7.67. The highest BCUT2D eigenvalue weighted by atomic mass is 16.5. The molecular formula is C26H28N2O3. The Kier molecular flexibility index (Phi) is 6.07. The molecule has 1 aromatic heterocycles. The summed E-state index contributed by atoms with van der Waals surface area (Å²) in [5.41, 5.74) is 5.29. The van der Waals surface area contributed by atoms with Gasteiger partial charge in [-0.05, 0) is 34.7 Å². The van der Waals surface area contributed by atoms with E-state index in [1.165, 1.54) is 5.56 Å². The number of aromatic nitrogens is 2. The van der Waals surface area contributed by atoms with Crippen LogP contribution in [0.1, 0.15) is 42.6 Å². The van der Waals surface area contributed by atoms with Crippen molar-refractivity contribution in [1.82, 2.24) is 9.55 Å². The summed E-state index contributed by atoms with van der Waals surface area (Å²) in [5, 5.41) is 20.6. The summed E-state index contributed by atoms with van der Waals surface area (Å²) in [4.78, 5) is 4.88. The van der Waals surface area contributed by atoms with Gasteiger partial charge in [-0.15, -0.1) is 0 Å². The van der Waals surface area contributed by atoms with Gasteiger partial charge in [0.05, 0.1) is 19.2 Å². The van der Waals surface area contributed by atoms with Crippen molar-refractivity contribution in [3.8, 4) is 17.1 Å². The summed E-state index contributed by atoms with van der Waals surface area (Å²) in [6.45, 7) is 4.72. The van der Waals surface area contributed by atoms with Crippen molar-refractivity contribution in [3.63, 3.8) is 0 Å². The molecule has 0 saturated heterocycles. The molecule has 4 rings (SSSR count). The van der Waals surface area contributed by atoms with E-state index in [2.05, 4.69) is 38.1 Å². The number of fused-ring (bicyclic) bond motifs is 1. The fourth-order valence-corrected chi connectivity index (χ4v) is 3.95. The first-order chi connectivity index (χ1) is 15.0. The molecule has 0 fully saturated rings. The van der Waals surface area contributed by atoms with Gasteiger partial charge in [-0.25, -0.2) is 4.98 Å². The molecule has 0 spiro atoms. The monoisotopic (exact) mass is 416 g/mol. The standard InChI is InChI=1S/C26H28N2O3/c1-17(2)18-9-11-20(12-10-18)26-27-22-15-21(25(30)19-7-5-4-6-8-19)16-23(31-3)24(22)28(26)13-14-29/h4-12,15-17,25,29-30H,13-14H2,1-3H3. The number of nitrogens with zero attached hydrogens (tertiary/aromatic N) is 2. The average molecular weight is 417 g/mol. The Labute approximate surface area is 182 Å². The van der Waals surface area contributed by atoms with Gasteiger partial charge in [0.2, 0.25) is 0 Å². The third-order valence-electron chi connectivity index (χ3n) is 5.64. The number of aliphatic hydroxyl groups excluding tert-OH is 2. The Balaban J connectivity index is 1.87. The van der Waals surface area contributed by atoms with Crippen molar-refractivity contribution < 1.29 is 14.9 Å². The van der Waals surface area contributed by atoms with E-state index < -0.39 is 6.10 Å². The fraction of sp³-hybridized carbons (Fsp3) is 0.269. The highest BCUT2D eigenvalue weighted by Crippen LogP contribution is 2.35. The predicted molar refractivity (Wildman–Crippen MR) is 123 cm³/mol. The minimum Gasteiger partial charge on any atom is -0.494 e. The lowest BCUT2D eigenvalue weighted by molar-refractivity contribution is 0.220. The van der Waals surface area contributed by atoms with Gasteiger partial charge in [-0.3, -0.25) is 0 Å². The van der Waals surface area contributed by atoms with E-state index in [-0.39, 0.29) is 6.61 Å². The molecule has 1 atom stereocenters. The van der Waals surface area contributed by atoms with Crippen molar-refractivity contribution in [3.05, 3.63) is 83.4 Å². The van der Waals surface area contributed by atoms with Crippen LogP contribution in [0.2, 0.25) is 0 Å². The van der Waals surface area contributed by atoms with Gasteiger partial charge in [0.15, 0.2) is 0 Å². The highest BCUT2D eigenvalue weighted by Gasteiger charge is 2.20. The molecule has 0 saturated carbocycles. The predicted octanol–water partition coefficient (Wildman–Crippen LogP) is 4.91. The largest absolute Gasteiger partial charge is 0.494 e. The van der Waals surface area contributed by atoms with Gasteiger partial charge in [0, 0.05) is 12.1 Å². The zero-order valence-corrected chi connectivity index (χ0v) is 18.1. The number of imidazole rings is 1. The molecule has 5 nitrogen and oxygen atoms in total. The molecule has 31 heavy (non-hydrogen) atoms. The maximum Gasteiger partial charge on any atom is 0.145 e. The van der Waals surface area contributed by atoms with Crippen LogP contribution in [-0.2, 0) is 6.54 Å². The van der Waals surface area contributed by atoms with E-state index in [0.717, 1.165) is 28.0 Å². The number of ether oxygens (including phenoxy) is 1. The topological polar surface area (TPSA) is 67.5 Å². The van der Waals surface area contributed by atoms with E-state index in [1.807, 2.05) is 47.0 Å². The smallest absolute Gasteiger partial charge is 0.145 e. The van der Waals surface area contributed by atoms with Crippen LogP contribution in [0, 0.1) is 0 Å². The molecule has 0 aliphatic rings. The average Bonchev–Trinajstić information content (AvgIpc) is 3.17. The number of hydrogen-bond acceptors (Lipinski definition) is 4. The van der Waals surface area contributed by atoms with E-state index in [0.29, 0.717) is 23.8 Å². The van der Waals surface area contributed by atoms with Crippen molar-refractivity contribution in [2.45, 2.75) is 32.4 Å². The number of hydrogen-bond donors (Lipinski definition) is 2. The Morgan fingerprint density at radius 3 is 2.26 bits per heavy atom. The second kappa shape index (κ2) is 8.92. The molecule has 160 valence electrons. The molecule has 0 bridgehead atoms. The summed E-state index contributed by atoms with van der Waals surface area (Å²) in [7, 11) is 1.61. The summed E-state index contributed by atoms with van der Waals surface area (Å²) >= 11 is 0. The molecule has 5 heteroatoms. The molecule has 1 unspecified atom stereocenters. The zero-order valence-electron chi connectivity index (χ0n) is 18.1. The van der Waals surface area contributed by atoms with Gasteiger partial charge in [-0.1, -0.05) is 68.4 Å². The minimum atomic E-state index is -0.781. The van der Waals surface area contributed by atoms with Gasteiger partial charge in [0.25, 0.3) is 0 Å². The van der Waals surface area contributed by atoms with Crippen LogP contribution in [0.5, 0.6) is 5.75 Å². The van der Waals surface area contributed by atoms with Crippen molar-refractivity contribution in [1.29, 1.82) is 0 Å². The Bertz CT molecular complexity index is 1160. The number of rotatable bonds is 7. The Morgan fingerprint density at radius 2 is 1.65 bits per heavy atom. The van der Waals surface area contributed by atoms with Crippen LogP contribution in [0.15, 0.2) is 66.7 Å². The number of aliphatic hydroxyl groups is 2. The summed E-state index contributed by atoms with van der Waals surface area (Å²) in [6, 6.07) is 21.6. The lowest BCUT2D eigenvalue weighted by Crippen LogP contribution is -2.06. The molecule has 0 aliphatic heterocycles. The lowest BCUT2D eigenvalue weighted by Gasteiger charge is -2.15.